The van der Waals surface area contributed by atoms with E-state index in [1.807, 2.05) is 0 Å². The Kier molecular flexibility index (Phi) is 47.9. The first-order valence-corrected chi connectivity index (χ1v) is 10.9. The average molecular weight is 582 g/mol. The maximum Gasteiger partial charge on any atom is 4.00 e. The summed E-state index contributed by atoms with van der Waals surface area (Å²) >= 11 is 0. The molecule has 0 amide bonds. The van der Waals surface area contributed by atoms with Crippen molar-refractivity contribution in [1.82, 2.24) is 0 Å². The van der Waals surface area contributed by atoms with Gasteiger partial charge in [0.15, 0.2) is 0 Å². The summed E-state index contributed by atoms with van der Waals surface area (Å²) in [6.07, 6.45) is 3.18. The summed E-state index contributed by atoms with van der Waals surface area (Å²) in [5.74, 6) is -4.51. The molecule has 0 heterocycles. The van der Waals surface area contributed by atoms with Crippen LogP contribution in [0.2, 0.25) is 0 Å². The molecule has 0 unspecified atom stereocenters. The van der Waals surface area contributed by atoms with Crippen LogP contribution >= 0.6 is 0 Å². The zero-order valence-electron chi connectivity index (χ0n) is 21.6. The Morgan fingerprint density at radius 2 is 0.629 bits per heavy atom. The summed E-state index contributed by atoms with van der Waals surface area (Å²) in [7, 11) is 0. The smallest absolute Gasteiger partial charge is 0.550 e. The second-order valence-electron chi connectivity index (χ2n) is 6.78. The monoisotopic (exact) mass is 580 g/mol. The van der Waals surface area contributed by atoms with Crippen LogP contribution in [0.5, 0.6) is 0 Å². The molecule has 11 nitrogen and oxygen atoms in total. The summed E-state index contributed by atoms with van der Waals surface area (Å²) < 4.78 is 0. The van der Waals surface area contributed by atoms with Crippen LogP contribution in [0.4, 0.5) is 0 Å². The number of Topliss-reactive ketones (excluding diaryl/α,β-unsaturated/α-hetero) is 3. The van der Waals surface area contributed by atoms with Gasteiger partial charge in [-0.1, -0.05) is 53.4 Å². The van der Waals surface area contributed by atoms with E-state index in [4.69, 9.17) is 0 Å². The van der Waals surface area contributed by atoms with E-state index < -0.39 is 23.9 Å². The molecule has 0 radical (unpaired) electrons. The molecule has 0 aromatic heterocycles. The number of aliphatic carboxylic acids is 4. The second kappa shape index (κ2) is 36.3. The number of rotatable bonds is 12. The normalized spacial score (nSPS) is 8.17. The van der Waals surface area contributed by atoms with Gasteiger partial charge in [0.05, 0.1) is 12.8 Å². The zero-order valence-corrected chi connectivity index (χ0v) is 24.0. The number of carbonyl (C=O) groups excluding carboxylic acids is 7. The zero-order chi connectivity index (χ0) is 28.1. The summed E-state index contributed by atoms with van der Waals surface area (Å²) in [6, 6.07) is 0. The molecule has 0 rings (SSSR count). The molecule has 35 heavy (non-hydrogen) atoms. The molecule has 0 bridgehead atoms. The molecule has 0 saturated carbocycles. The summed E-state index contributed by atoms with van der Waals surface area (Å²) in [5.41, 5.74) is 0. The Balaban J connectivity index is -0.0000000761. The molecule has 0 N–H and O–H groups in total. The average Bonchev–Trinajstić information content (AvgIpc) is 2.61. The summed E-state index contributed by atoms with van der Waals surface area (Å²) in [6.45, 7) is 9.87. The SMILES string of the molecule is CC(=O)CC(=O)CC(C)=O.CCCC(=O)[O-].CCCC(=O)[O-].CCCC(=O)[O-].CCCC(=O)[O-].[Zr+4]. The van der Waals surface area contributed by atoms with Crippen molar-refractivity contribution in [2.24, 2.45) is 0 Å². The maximum atomic E-state index is 10.6. The minimum absolute atomic E-state index is 0. The molecule has 0 aromatic carbocycles. The summed E-state index contributed by atoms with van der Waals surface area (Å²) in [4.78, 5) is 69.2. The third-order valence-corrected chi connectivity index (χ3v) is 2.71. The number of hydrogen-bond donors (Lipinski definition) is 0. The van der Waals surface area contributed by atoms with Crippen LogP contribution in [0.3, 0.4) is 0 Å². The van der Waals surface area contributed by atoms with Gasteiger partial charge >= 0.3 is 26.2 Å². The molecular formula is C23H38O11Zr. The van der Waals surface area contributed by atoms with E-state index in [0.717, 1.165) is 0 Å². The first-order valence-electron chi connectivity index (χ1n) is 10.9. The molecule has 0 aromatic rings. The Bertz CT molecular complexity index is 520. The van der Waals surface area contributed by atoms with Crippen LogP contribution in [0.25, 0.3) is 0 Å². The molecule has 200 valence electrons. The fourth-order valence-corrected chi connectivity index (χ4v) is 1.43. The van der Waals surface area contributed by atoms with Gasteiger partial charge < -0.3 is 39.6 Å². The van der Waals surface area contributed by atoms with Gasteiger partial charge in [-0.15, -0.1) is 0 Å². The molecule has 0 spiro atoms. The summed E-state index contributed by atoms with van der Waals surface area (Å²) in [5, 5.41) is 38.0. The van der Waals surface area contributed by atoms with Crippen molar-refractivity contribution in [2.75, 3.05) is 0 Å². The quantitative estimate of drug-likeness (QED) is 0.246. The van der Waals surface area contributed by atoms with Crippen molar-refractivity contribution in [2.45, 2.75) is 106 Å². The maximum absolute atomic E-state index is 10.6. The Morgan fingerprint density at radius 1 is 0.457 bits per heavy atom. The van der Waals surface area contributed by atoms with Crippen molar-refractivity contribution >= 4 is 41.2 Å². The van der Waals surface area contributed by atoms with Crippen molar-refractivity contribution in [1.29, 1.82) is 0 Å². The van der Waals surface area contributed by atoms with Gasteiger partial charge in [0.1, 0.15) is 17.3 Å². The van der Waals surface area contributed by atoms with Crippen LogP contribution in [-0.4, -0.2) is 41.2 Å². The molecular weight excluding hydrogens is 543 g/mol. The molecule has 0 aliphatic heterocycles. The fraction of sp³-hybridized carbons (Fsp3) is 0.696. The number of carbonyl (C=O) groups is 7. The van der Waals surface area contributed by atoms with Crippen molar-refractivity contribution in [3.8, 4) is 0 Å². The van der Waals surface area contributed by atoms with Gasteiger partial charge in [0.2, 0.25) is 0 Å². The minimum Gasteiger partial charge on any atom is -0.550 e. The van der Waals surface area contributed by atoms with Gasteiger partial charge in [0.25, 0.3) is 0 Å². The van der Waals surface area contributed by atoms with E-state index in [1.54, 1.807) is 27.7 Å². The fourth-order valence-electron chi connectivity index (χ4n) is 1.43. The predicted octanol–water partition coefficient (Wildman–Crippen LogP) is -1.34. The van der Waals surface area contributed by atoms with Gasteiger partial charge in [-0.2, -0.15) is 0 Å². The Labute approximate surface area is 226 Å². The Hall–Kier alpha value is -2.23. The van der Waals surface area contributed by atoms with Gasteiger partial charge in [-0.05, 0) is 39.5 Å². The van der Waals surface area contributed by atoms with Crippen LogP contribution in [0, 0.1) is 0 Å². The first-order chi connectivity index (χ1) is 15.6. The van der Waals surface area contributed by atoms with Gasteiger partial charge in [-0.25, -0.2) is 0 Å². The largest absolute Gasteiger partial charge is 4.00 e. The molecule has 0 atom stereocenters. The topological polar surface area (TPSA) is 212 Å². The Morgan fingerprint density at radius 3 is 0.686 bits per heavy atom. The molecule has 0 aliphatic carbocycles. The van der Waals surface area contributed by atoms with E-state index in [-0.39, 0.29) is 82.1 Å². The molecule has 0 aliphatic rings. The number of carboxylic acid groups (broad SMARTS) is 4. The van der Waals surface area contributed by atoms with Crippen LogP contribution in [-0.2, 0) is 59.8 Å². The van der Waals surface area contributed by atoms with E-state index in [0.29, 0.717) is 25.7 Å². The van der Waals surface area contributed by atoms with Crippen molar-refractivity contribution in [3.05, 3.63) is 0 Å². The predicted molar refractivity (Wildman–Crippen MR) is 115 cm³/mol. The third kappa shape index (κ3) is 89.2. The molecule has 0 fully saturated rings. The standard InChI is InChI=1S/C7H10O3.4C4H8O2.Zr/c1-5(8)3-7(10)4-6(2)9;4*1-2-3-4(5)6;/h3-4H2,1-2H3;4*2-3H2,1H3,(H,5,6);/q;;;;;+4/p-4. The van der Waals surface area contributed by atoms with E-state index in [9.17, 15) is 54.0 Å². The minimum atomic E-state index is -0.961. The van der Waals surface area contributed by atoms with Crippen LogP contribution in [0.1, 0.15) is 106 Å². The third-order valence-electron chi connectivity index (χ3n) is 2.71. The molecule has 12 heteroatoms. The van der Waals surface area contributed by atoms with Crippen LogP contribution in [0.15, 0.2) is 0 Å². The second-order valence-corrected chi connectivity index (χ2v) is 6.78. The van der Waals surface area contributed by atoms with E-state index >= 15 is 0 Å². The number of hydrogen-bond acceptors (Lipinski definition) is 11. The van der Waals surface area contributed by atoms with E-state index in [1.165, 1.54) is 13.8 Å². The van der Waals surface area contributed by atoms with Crippen molar-refractivity contribution < 1.29 is 80.2 Å². The number of ketones is 3. The van der Waals surface area contributed by atoms with Gasteiger partial charge in [0, 0.05) is 23.9 Å². The van der Waals surface area contributed by atoms with Gasteiger partial charge in [-0.3, -0.25) is 14.4 Å². The molecule has 0 saturated heterocycles. The number of carboxylic acids is 4. The van der Waals surface area contributed by atoms with Crippen molar-refractivity contribution in [3.63, 3.8) is 0 Å². The van der Waals surface area contributed by atoms with E-state index in [2.05, 4.69) is 0 Å². The first kappa shape index (κ1) is 46.2. The van der Waals surface area contributed by atoms with Crippen LogP contribution < -0.4 is 20.4 Å².